The highest BCUT2D eigenvalue weighted by Gasteiger charge is 2.15. The van der Waals surface area contributed by atoms with Gasteiger partial charge >= 0.3 is 0 Å². The predicted molar refractivity (Wildman–Crippen MR) is 61.4 cm³/mol. The number of hydrogen-bond donors (Lipinski definition) is 2. The Balaban J connectivity index is 2.98. The van der Waals surface area contributed by atoms with Crippen molar-refractivity contribution in [3.05, 3.63) is 23.8 Å². The fraction of sp³-hybridized carbons (Fsp3) is 0.500. The quantitative estimate of drug-likeness (QED) is 0.834. The maximum absolute atomic E-state index is 12.4. The lowest BCUT2D eigenvalue weighted by Gasteiger charge is -2.22. The first-order valence-corrected chi connectivity index (χ1v) is 5.17. The third-order valence-corrected chi connectivity index (χ3v) is 1.99. The second kappa shape index (κ2) is 4.70. The number of nitrogens with two attached hydrogens (primary N) is 1. The molecular weight excluding hydrogens is 209 g/mol. The number of halogens is 1. The maximum Gasteiger partial charge on any atom is 0.120 e. The van der Waals surface area contributed by atoms with Gasteiger partial charge in [0.2, 0.25) is 0 Å². The minimum absolute atomic E-state index is 0.00795. The summed E-state index contributed by atoms with van der Waals surface area (Å²) in [5, 5.41) is 9.53. The summed E-state index contributed by atoms with van der Waals surface area (Å²) in [6.07, 6.45) is 0. The molecular formula is C12H18FNO2. The van der Waals surface area contributed by atoms with Gasteiger partial charge in [-0.2, -0.15) is 0 Å². The molecule has 0 heterocycles. The highest BCUT2D eigenvalue weighted by molar-refractivity contribution is 5.41. The first-order chi connectivity index (χ1) is 7.33. The highest BCUT2D eigenvalue weighted by atomic mass is 19.1. The number of hydrogen-bond acceptors (Lipinski definition) is 3. The van der Waals surface area contributed by atoms with Crippen molar-refractivity contribution in [3.8, 4) is 11.5 Å². The Kier molecular flexibility index (Phi) is 3.75. The summed E-state index contributed by atoms with van der Waals surface area (Å²) < 4.78 is 18.0. The Morgan fingerprint density at radius 2 is 2.06 bits per heavy atom. The van der Waals surface area contributed by atoms with Crippen LogP contribution in [-0.4, -0.2) is 17.4 Å². The van der Waals surface area contributed by atoms with E-state index in [1.54, 1.807) is 12.1 Å². The molecule has 4 heteroatoms. The second-order valence-electron chi connectivity index (χ2n) is 4.70. The molecule has 90 valence electrons. The van der Waals surface area contributed by atoms with Gasteiger partial charge in [0.1, 0.15) is 23.8 Å². The first-order valence-electron chi connectivity index (χ1n) is 5.17. The molecule has 0 fully saturated rings. The SMILES string of the molecule is CC(C)(C)Oc1ccc(O)c([C@H](N)CF)c1. The molecule has 0 unspecified atom stereocenters. The topological polar surface area (TPSA) is 55.5 Å². The lowest BCUT2D eigenvalue weighted by molar-refractivity contribution is 0.130. The van der Waals surface area contributed by atoms with Crippen LogP contribution in [0, 0.1) is 0 Å². The van der Waals surface area contributed by atoms with Crippen molar-refractivity contribution in [2.45, 2.75) is 32.4 Å². The van der Waals surface area contributed by atoms with Crippen molar-refractivity contribution in [3.63, 3.8) is 0 Å². The van der Waals surface area contributed by atoms with Gasteiger partial charge in [0.15, 0.2) is 0 Å². The zero-order valence-corrected chi connectivity index (χ0v) is 9.83. The van der Waals surface area contributed by atoms with Gasteiger partial charge in [-0.1, -0.05) is 0 Å². The number of benzene rings is 1. The van der Waals surface area contributed by atoms with Gasteiger partial charge in [-0.05, 0) is 39.0 Å². The van der Waals surface area contributed by atoms with Gasteiger partial charge in [0, 0.05) is 5.56 Å². The van der Waals surface area contributed by atoms with Crippen LogP contribution in [0.5, 0.6) is 11.5 Å². The number of aromatic hydroxyl groups is 1. The van der Waals surface area contributed by atoms with Crippen LogP contribution in [0.1, 0.15) is 32.4 Å². The van der Waals surface area contributed by atoms with Crippen LogP contribution in [0.3, 0.4) is 0 Å². The van der Waals surface area contributed by atoms with E-state index in [-0.39, 0.29) is 11.4 Å². The minimum atomic E-state index is -0.816. The summed E-state index contributed by atoms with van der Waals surface area (Å²) in [7, 11) is 0. The average Bonchev–Trinajstić information content (AvgIpc) is 2.18. The lowest BCUT2D eigenvalue weighted by Crippen LogP contribution is -2.23. The summed E-state index contributed by atoms with van der Waals surface area (Å²) in [5.74, 6) is 0.565. The molecule has 0 aliphatic heterocycles. The predicted octanol–water partition coefficient (Wildman–Crippen LogP) is 2.54. The van der Waals surface area contributed by atoms with E-state index in [2.05, 4.69) is 0 Å². The van der Waals surface area contributed by atoms with Crippen molar-refractivity contribution in [1.29, 1.82) is 0 Å². The smallest absolute Gasteiger partial charge is 0.120 e. The van der Waals surface area contributed by atoms with Gasteiger partial charge in [0.05, 0.1) is 6.04 Å². The molecule has 0 radical (unpaired) electrons. The molecule has 0 bridgehead atoms. The molecule has 3 N–H and O–H groups in total. The zero-order valence-electron chi connectivity index (χ0n) is 9.83. The standard InChI is InChI=1S/C12H18FNO2/c1-12(2,3)16-8-4-5-11(15)9(6-8)10(14)7-13/h4-6,10,15H,7,14H2,1-3H3/t10-/m1/s1. The lowest BCUT2D eigenvalue weighted by atomic mass is 10.1. The first kappa shape index (κ1) is 12.8. The fourth-order valence-electron chi connectivity index (χ4n) is 1.33. The van der Waals surface area contributed by atoms with Gasteiger partial charge in [-0.3, -0.25) is 0 Å². The Bertz CT molecular complexity index is 361. The largest absolute Gasteiger partial charge is 0.508 e. The van der Waals surface area contributed by atoms with E-state index < -0.39 is 12.7 Å². The number of rotatable bonds is 3. The molecule has 0 aromatic heterocycles. The van der Waals surface area contributed by atoms with Gasteiger partial charge in [0.25, 0.3) is 0 Å². The Hall–Kier alpha value is -1.29. The average molecular weight is 227 g/mol. The van der Waals surface area contributed by atoms with Crippen LogP contribution < -0.4 is 10.5 Å². The van der Waals surface area contributed by atoms with Crippen LogP contribution >= 0.6 is 0 Å². The molecule has 0 saturated heterocycles. The number of phenols is 1. The van der Waals surface area contributed by atoms with Crippen molar-refractivity contribution in [2.24, 2.45) is 5.73 Å². The monoisotopic (exact) mass is 227 g/mol. The van der Waals surface area contributed by atoms with E-state index in [9.17, 15) is 9.50 Å². The van der Waals surface area contributed by atoms with Gasteiger partial charge < -0.3 is 15.6 Å². The third-order valence-electron chi connectivity index (χ3n) is 1.99. The van der Waals surface area contributed by atoms with E-state index in [0.717, 1.165) is 0 Å². The zero-order chi connectivity index (χ0) is 12.3. The molecule has 1 aromatic rings. The van der Waals surface area contributed by atoms with E-state index in [1.165, 1.54) is 6.07 Å². The number of ether oxygens (including phenoxy) is 1. The number of phenolic OH excluding ortho intramolecular Hbond substituents is 1. The Morgan fingerprint density at radius 1 is 1.44 bits per heavy atom. The molecule has 0 spiro atoms. The molecule has 1 aromatic carbocycles. The van der Waals surface area contributed by atoms with E-state index in [0.29, 0.717) is 11.3 Å². The molecule has 0 aliphatic rings. The van der Waals surface area contributed by atoms with E-state index in [1.807, 2.05) is 20.8 Å². The summed E-state index contributed by atoms with van der Waals surface area (Å²) in [4.78, 5) is 0. The molecule has 3 nitrogen and oxygen atoms in total. The molecule has 0 amide bonds. The van der Waals surface area contributed by atoms with Gasteiger partial charge in [-0.25, -0.2) is 4.39 Å². The maximum atomic E-state index is 12.4. The highest BCUT2D eigenvalue weighted by Crippen LogP contribution is 2.29. The van der Waals surface area contributed by atoms with Crippen LogP contribution in [0.25, 0.3) is 0 Å². The fourth-order valence-corrected chi connectivity index (χ4v) is 1.33. The van der Waals surface area contributed by atoms with Crippen molar-refractivity contribution < 1.29 is 14.2 Å². The molecule has 16 heavy (non-hydrogen) atoms. The summed E-state index contributed by atoms with van der Waals surface area (Å²) >= 11 is 0. The molecule has 1 atom stereocenters. The summed E-state index contributed by atoms with van der Waals surface area (Å²) in [5.41, 5.74) is 5.56. The Morgan fingerprint density at radius 3 is 2.56 bits per heavy atom. The van der Waals surface area contributed by atoms with Crippen LogP contribution in [0.4, 0.5) is 4.39 Å². The van der Waals surface area contributed by atoms with E-state index >= 15 is 0 Å². The van der Waals surface area contributed by atoms with Crippen LogP contribution in [0.2, 0.25) is 0 Å². The van der Waals surface area contributed by atoms with Crippen LogP contribution in [-0.2, 0) is 0 Å². The van der Waals surface area contributed by atoms with E-state index in [4.69, 9.17) is 10.5 Å². The van der Waals surface area contributed by atoms with Crippen molar-refractivity contribution in [2.75, 3.05) is 6.67 Å². The second-order valence-corrected chi connectivity index (χ2v) is 4.70. The third kappa shape index (κ3) is 3.38. The number of alkyl halides is 1. The van der Waals surface area contributed by atoms with Crippen molar-refractivity contribution >= 4 is 0 Å². The Labute approximate surface area is 95.0 Å². The normalized spacial score (nSPS) is 13.6. The van der Waals surface area contributed by atoms with Crippen LogP contribution in [0.15, 0.2) is 18.2 Å². The molecule has 0 saturated carbocycles. The van der Waals surface area contributed by atoms with Crippen molar-refractivity contribution in [1.82, 2.24) is 0 Å². The van der Waals surface area contributed by atoms with Gasteiger partial charge in [-0.15, -0.1) is 0 Å². The molecule has 0 aliphatic carbocycles. The molecule has 1 rings (SSSR count). The minimum Gasteiger partial charge on any atom is -0.508 e. The summed E-state index contributed by atoms with van der Waals surface area (Å²) in [6.45, 7) is 5.02. The summed E-state index contributed by atoms with van der Waals surface area (Å²) in [6, 6.07) is 3.86.